The van der Waals surface area contributed by atoms with E-state index in [0.29, 0.717) is 0 Å². The Morgan fingerprint density at radius 3 is 2.86 bits per heavy atom. The van der Waals surface area contributed by atoms with Crippen molar-refractivity contribution in [1.29, 1.82) is 0 Å². The number of carboxylic acids is 1. The largest absolute Gasteiger partial charge is 0.475 e. The highest BCUT2D eigenvalue weighted by atomic mass is 35.5. The van der Waals surface area contributed by atoms with Crippen LogP contribution in [0.5, 0.6) is 0 Å². The highest BCUT2D eigenvalue weighted by Crippen LogP contribution is 2.27. The lowest BCUT2D eigenvalue weighted by molar-refractivity contribution is 0.0665. The average molecular weight is 215 g/mol. The number of hydrogen-bond donors (Lipinski definition) is 1. The molecule has 5 heteroatoms. The van der Waals surface area contributed by atoms with Crippen LogP contribution in [0.1, 0.15) is 10.6 Å². The van der Waals surface area contributed by atoms with Crippen LogP contribution < -0.4 is 0 Å². The Hall–Kier alpha value is -1.55. The molecule has 1 N–H and O–H groups in total. The smallest absolute Gasteiger partial charge is 0.371 e. The third-order valence-electron chi connectivity index (χ3n) is 1.80. The molecule has 72 valence electrons. The minimum Gasteiger partial charge on any atom is -0.475 e. The Labute approximate surface area is 82.7 Å². The lowest BCUT2D eigenvalue weighted by Crippen LogP contribution is -1.91. The van der Waals surface area contributed by atoms with Crippen LogP contribution in [0.2, 0.25) is 5.02 Å². The van der Waals surface area contributed by atoms with E-state index in [1.54, 1.807) is 0 Å². The van der Waals surface area contributed by atoms with Gasteiger partial charge in [0.05, 0.1) is 10.4 Å². The van der Waals surface area contributed by atoms with Gasteiger partial charge in [0.2, 0.25) is 5.76 Å². The van der Waals surface area contributed by atoms with Crippen LogP contribution >= 0.6 is 11.6 Å². The minimum absolute atomic E-state index is 0.0600. The maximum Gasteiger partial charge on any atom is 0.371 e. The number of halogens is 2. The van der Waals surface area contributed by atoms with E-state index in [0.717, 1.165) is 6.07 Å². The first kappa shape index (κ1) is 9.02. The van der Waals surface area contributed by atoms with Gasteiger partial charge >= 0.3 is 5.97 Å². The van der Waals surface area contributed by atoms with Crippen molar-refractivity contribution in [1.82, 2.24) is 0 Å². The maximum atomic E-state index is 13.3. The van der Waals surface area contributed by atoms with Crippen molar-refractivity contribution in [3.8, 4) is 0 Å². The molecule has 2 rings (SSSR count). The second-order valence-corrected chi connectivity index (χ2v) is 3.10. The number of fused-ring (bicyclic) bond motifs is 1. The standard InChI is InChI=1S/C9H4ClFO3/c10-5-1-2-6-4(8(5)11)3-7(14-6)9(12)13/h1-3H,(H,12,13). The van der Waals surface area contributed by atoms with Crippen LogP contribution in [-0.2, 0) is 0 Å². The van der Waals surface area contributed by atoms with E-state index in [2.05, 4.69) is 0 Å². The molecule has 0 amide bonds. The van der Waals surface area contributed by atoms with Gasteiger partial charge in [0.1, 0.15) is 5.58 Å². The third-order valence-corrected chi connectivity index (χ3v) is 2.09. The van der Waals surface area contributed by atoms with Gasteiger partial charge in [-0.15, -0.1) is 0 Å². The SMILES string of the molecule is O=C(O)c1cc2c(F)c(Cl)ccc2o1. The van der Waals surface area contributed by atoms with Crippen LogP contribution in [0.3, 0.4) is 0 Å². The van der Waals surface area contributed by atoms with Gasteiger partial charge in [0.15, 0.2) is 5.82 Å². The average Bonchev–Trinajstić information content (AvgIpc) is 2.56. The maximum absolute atomic E-state index is 13.3. The first-order chi connectivity index (χ1) is 6.59. The Bertz CT molecular complexity index is 518. The highest BCUT2D eigenvalue weighted by molar-refractivity contribution is 6.31. The first-order valence-electron chi connectivity index (χ1n) is 3.70. The molecule has 0 aliphatic rings. The number of furan rings is 1. The highest BCUT2D eigenvalue weighted by Gasteiger charge is 2.14. The van der Waals surface area contributed by atoms with E-state index in [4.69, 9.17) is 21.1 Å². The molecular formula is C9H4ClFO3. The van der Waals surface area contributed by atoms with Gasteiger partial charge in [-0.1, -0.05) is 11.6 Å². The number of benzene rings is 1. The summed E-state index contributed by atoms with van der Waals surface area (Å²) in [6.45, 7) is 0. The summed E-state index contributed by atoms with van der Waals surface area (Å²) >= 11 is 5.51. The van der Waals surface area contributed by atoms with Crippen molar-refractivity contribution >= 4 is 28.5 Å². The van der Waals surface area contributed by atoms with Gasteiger partial charge in [0, 0.05) is 6.07 Å². The summed E-state index contributed by atoms with van der Waals surface area (Å²) < 4.78 is 18.2. The Kier molecular flexibility index (Phi) is 1.93. The van der Waals surface area contributed by atoms with E-state index in [9.17, 15) is 9.18 Å². The quantitative estimate of drug-likeness (QED) is 0.794. The molecule has 0 saturated carbocycles. The summed E-state index contributed by atoms with van der Waals surface area (Å²) in [6, 6.07) is 3.85. The molecule has 0 unspecified atom stereocenters. The summed E-state index contributed by atoms with van der Waals surface area (Å²) in [5.41, 5.74) is 0.171. The van der Waals surface area contributed by atoms with Crippen LogP contribution in [0.25, 0.3) is 11.0 Å². The molecule has 0 saturated heterocycles. The molecule has 3 nitrogen and oxygen atoms in total. The topological polar surface area (TPSA) is 50.4 Å². The molecule has 1 aromatic carbocycles. The van der Waals surface area contributed by atoms with Crippen molar-refractivity contribution in [2.75, 3.05) is 0 Å². The summed E-state index contributed by atoms with van der Waals surface area (Å²) in [5.74, 6) is -2.21. The zero-order valence-corrected chi connectivity index (χ0v) is 7.51. The molecule has 0 radical (unpaired) electrons. The molecule has 0 aliphatic carbocycles. The molecular weight excluding hydrogens is 211 g/mol. The van der Waals surface area contributed by atoms with Crippen LogP contribution in [-0.4, -0.2) is 11.1 Å². The molecule has 2 aromatic rings. The lowest BCUT2D eigenvalue weighted by Gasteiger charge is -1.92. The van der Waals surface area contributed by atoms with Gasteiger partial charge in [0.25, 0.3) is 0 Å². The van der Waals surface area contributed by atoms with Gasteiger partial charge in [-0.3, -0.25) is 0 Å². The zero-order valence-electron chi connectivity index (χ0n) is 6.75. The zero-order chi connectivity index (χ0) is 10.3. The lowest BCUT2D eigenvalue weighted by atomic mass is 10.2. The number of rotatable bonds is 1. The second-order valence-electron chi connectivity index (χ2n) is 2.69. The van der Waals surface area contributed by atoms with E-state index >= 15 is 0 Å². The van der Waals surface area contributed by atoms with E-state index < -0.39 is 11.8 Å². The fourth-order valence-electron chi connectivity index (χ4n) is 1.16. The summed E-state index contributed by atoms with van der Waals surface area (Å²) in [7, 11) is 0. The van der Waals surface area contributed by atoms with Gasteiger partial charge in [-0.05, 0) is 12.1 Å². The fraction of sp³-hybridized carbons (Fsp3) is 0. The van der Waals surface area contributed by atoms with Crippen molar-refractivity contribution in [3.05, 3.63) is 34.8 Å². The van der Waals surface area contributed by atoms with Gasteiger partial charge in [-0.2, -0.15) is 0 Å². The number of aromatic carboxylic acids is 1. The van der Waals surface area contributed by atoms with Crippen molar-refractivity contribution in [3.63, 3.8) is 0 Å². The van der Waals surface area contributed by atoms with Gasteiger partial charge < -0.3 is 9.52 Å². The predicted octanol–water partition coefficient (Wildman–Crippen LogP) is 2.92. The molecule has 0 spiro atoms. The van der Waals surface area contributed by atoms with Crippen molar-refractivity contribution < 1.29 is 18.7 Å². The molecule has 0 bridgehead atoms. The Balaban J connectivity index is 2.77. The normalized spacial score (nSPS) is 10.7. The van der Waals surface area contributed by atoms with Crippen LogP contribution in [0, 0.1) is 5.82 Å². The van der Waals surface area contributed by atoms with Crippen LogP contribution in [0.15, 0.2) is 22.6 Å². The molecule has 14 heavy (non-hydrogen) atoms. The third kappa shape index (κ3) is 1.24. The van der Waals surface area contributed by atoms with E-state index in [-0.39, 0.29) is 21.8 Å². The summed E-state index contributed by atoms with van der Waals surface area (Å²) in [5, 5.41) is 8.62. The Morgan fingerprint density at radius 1 is 1.50 bits per heavy atom. The van der Waals surface area contributed by atoms with Crippen molar-refractivity contribution in [2.24, 2.45) is 0 Å². The van der Waals surface area contributed by atoms with E-state index in [1.165, 1.54) is 12.1 Å². The molecule has 0 fully saturated rings. The van der Waals surface area contributed by atoms with Gasteiger partial charge in [-0.25, -0.2) is 9.18 Å². The predicted molar refractivity (Wildman–Crippen MR) is 48.1 cm³/mol. The number of hydrogen-bond acceptors (Lipinski definition) is 2. The molecule has 0 atom stereocenters. The minimum atomic E-state index is -1.24. The summed E-state index contributed by atoms with van der Waals surface area (Å²) in [6.07, 6.45) is 0. The molecule has 0 aliphatic heterocycles. The Morgan fingerprint density at radius 2 is 2.21 bits per heavy atom. The van der Waals surface area contributed by atoms with Crippen molar-refractivity contribution in [2.45, 2.75) is 0 Å². The number of carbonyl (C=O) groups is 1. The molecule has 1 heterocycles. The van der Waals surface area contributed by atoms with E-state index in [1.807, 2.05) is 0 Å². The number of carboxylic acid groups (broad SMARTS) is 1. The molecule has 1 aromatic heterocycles. The summed E-state index contributed by atoms with van der Waals surface area (Å²) in [4.78, 5) is 10.5. The second kappa shape index (κ2) is 2.99. The monoisotopic (exact) mass is 214 g/mol. The first-order valence-corrected chi connectivity index (χ1v) is 4.08. The fourth-order valence-corrected chi connectivity index (χ4v) is 1.32. The van der Waals surface area contributed by atoms with Crippen LogP contribution in [0.4, 0.5) is 4.39 Å².